The van der Waals surface area contributed by atoms with Crippen LogP contribution in [0.25, 0.3) is 44.3 Å². The van der Waals surface area contributed by atoms with E-state index in [1.54, 1.807) is 25.6 Å². The van der Waals surface area contributed by atoms with Crippen molar-refractivity contribution in [2.45, 2.75) is 81.7 Å². The number of ether oxygens (including phenoxy) is 3. The molecule has 6 heterocycles. The normalized spacial score (nSPS) is 20.0. The smallest absolute Gasteiger partial charge is 0.416 e. The molecule has 0 atom stereocenters. The summed E-state index contributed by atoms with van der Waals surface area (Å²) in [7, 11) is 7.47. The Kier molecular flexibility index (Phi) is 18.0. The number of piperazine rings is 2. The lowest BCUT2D eigenvalue weighted by Crippen LogP contribution is -2.49. The largest absolute Gasteiger partial charge is 0.495 e. The molecule has 4 fully saturated rings. The van der Waals surface area contributed by atoms with Gasteiger partial charge in [-0.3, -0.25) is 19.4 Å². The monoisotopic (exact) mass is 1180 g/mol. The first-order valence-electron chi connectivity index (χ1n) is 29.5. The fraction of sp³-hybridized carbons (Fsp3) is 0.406. The van der Waals surface area contributed by atoms with Gasteiger partial charge in [-0.2, -0.15) is 13.2 Å². The molecule has 86 heavy (non-hydrogen) atoms. The highest BCUT2D eigenvalue weighted by molar-refractivity contribution is 6.06. The minimum Gasteiger partial charge on any atom is -0.495 e. The lowest BCUT2D eigenvalue weighted by atomic mass is 9.89. The van der Waals surface area contributed by atoms with E-state index in [4.69, 9.17) is 25.7 Å². The highest BCUT2D eigenvalue weighted by atomic mass is 19.4. The minimum absolute atomic E-state index is 0.0967. The lowest BCUT2D eigenvalue weighted by molar-refractivity contribution is -0.137. The number of amides is 2. The maximum Gasteiger partial charge on any atom is 0.416 e. The van der Waals surface area contributed by atoms with E-state index in [0.717, 1.165) is 159 Å². The number of para-hydroxylation sites is 1. The summed E-state index contributed by atoms with van der Waals surface area (Å²) in [5.74, 6) is 1.59. The van der Waals surface area contributed by atoms with E-state index in [1.807, 2.05) is 54.6 Å². The van der Waals surface area contributed by atoms with Crippen molar-refractivity contribution in [3.05, 3.63) is 127 Å². The summed E-state index contributed by atoms with van der Waals surface area (Å²) in [6, 6.07) is 26.3. The number of fused-ring (bicyclic) bond motifs is 2. The number of nitrogens with two attached hydrogens (primary N) is 2. The number of carbonyl (C=O) groups excluding carboxylic acids is 2. The predicted octanol–water partition coefficient (Wildman–Crippen LogP) is 10.1. The zero-order valence-corrected chi connectivity index (χ0v) is 49.1. The van der Waals surface area contributed by atoms with Crippen molar-refractivity contribution >= 4 is 56.9 Å². The number of methoxy groups -OCH3 is 2. The average molecular weight is 1180 g/mol. The molecule has 2 saturated heterocycles. The van der Waals surface area contributed by atoms with E-state index in [-0.39, 0.29) is 24.1 Å². The fourth-order valence-corrected chi connectivity index (χ4v) is 12.8. The average Bonchev–Trinajstić information content (AvgIpc) is 2.01. The standard InChI is InChI=1S/C32H36F3N7O2.C32H39N7O3/c1-40-13-15-41(16-14-40)23-8-10-24(11-9-23)42-18-25(28-29(36)37-19-38-30(28)42)21-5-12-26(27(17-21)44-2)39-31(43)20-3-6-22(7-4-20)32(33,34)35;1-37-14-16-38(17-15-37)23-9-11-24(12-10-23)39-19-26(30-31(33)34-21-35-32(30)39)22-8-13-27(28(18-22)41-2)36-29(40)20-42-25-6-4-3-5-7-25/h3-7,12,17-19,23-24H,8-11,13-16H2,1-2H3,(H,39,43)(H2,36,37,38);3-8,13,18-19,21,23-24H,9-12,14-17,20H2,1-2H3,(H,36,40)(H2,33,34,35). The van der Waals surface area contributed by atoms with Gasteiger partial charge in [-0.05, 0) is 137 Å². The molecule has 6 N–H and O–H groups in total. The van der Waals surface area contributed by atoms with E-state index in [0.29, 0.717) is 58.4 Å². The quantitative estimate of drug-likeness (QED) is 0.0798. The van der Waals surface area contributed by atoms with Crippen molar-refractivity contribution in [3.8, 4) is 39.5 Å². The molecule has 0 spiro atoms. The first kappa shape index (κ1) is 59.4. The van der Waals surface area contributed by atoms with Gasteiger partial charge in [0.05, 0.1) is 41.9 Å². The maximum atomic E-state index is 12.9. The topological polar surface area (TPSA) is 212 Å². The Balaban J connectivity index is 0.000000179. The van der Waals surface area contributed by atoms with Gasteiger partial charge in [0.25, 0.3) is 11.8 Å². The molecule has 0 unspecified atom stereocenters. The lowest BCUT2D eigenvalue weighted by Gasteiger charge is -2.41. The van der Waals surface area contributed by atoms with Crippen LogP contribution in [0.5, 0.6) is 17.2 Å². The molecule has 22 heteroatoms. The Morgan fingerprint density at radius 3 is 1.45 bits per heavy atom. The Labute approximate surface area is 498 Å². The van der Waals surface area contributed by atoms with Gasteiger partial charge in [-0.25, -0.2) is 19.9 Å². The molecule has 2 saturated carbocycles. The van der Waals surface area contributed by atoms with Gasteiger partial charge in [-0.15, -0.1) is 0 Å². The first-order valence-corrected chi connectivity index (χ1v) is 29.5. The second-order valence-electron chi connectivity index (χ2n) is 22.9. The van der Waals surface area contributed by atoms with Crippen LogP contribution < -0.4 is 36.3 Å². The van der Waals surface area contributed by atoms with Crippen LogP contribution in [0.3, 0.4) is 0 Å². The summed E-state index contributed by atoms with van der Waals surface area (Å²) in [4.78, 5) is 53.5. The van der Waals surface area contributed by atoms with Gasteiger partial charge in [0.2, 0.25) is 0 Å². The number of nitrogen functional groups attached to an aromatic ring is 2. The third kappa shape index (κ3) is 13.2. The number of anilines is 4. The molecule has 2 amide bonds. The number of halogens is 3. The number of hydrogen-bond acceptors (Lipinski definition) is 15. The second kappa shape index (κ2) is 26.1. The summed E-state index contributed by atoms with van der Waals surface area (Å²) in [6.07, 6.45) is 11.7. The van der Waals surface area contributed by atoms with E-state index in [2.05, 4.69) is 85.8 Å². The zero-order valence-electron chi connectivity index (χ0n) is 49.1. The van der Waals surface area contributed by atoms with Gasteiger partial charge in [0.15, 0.2) is 6.61 Å². The summed E-state index contributed by atoms with van der Waals surface area (Å²) < 4.78 is 60.2. The number of carbonyl (C=O) groups is 2. The fourth-order valence-electron chi connectivity index (χ4n) is 12.8. The molecule has 4 aliphatic rings. The highest BCUT2D eigenvalue weighted by Gasteiger charge is 2.33. The summed E-state index contributed by atoms with van der Waals surface area (Å²) in [5, 5.41) is 7.25. The number of likely N-dealkylation sites (N-methyl/N-ethyl adjacent to an activating group) is 2. The Bertz CT molecular complexity index is 3640. The molecule has 19 nitrogen and oxygen atoms in total. The number of benzene rings is 4. The Morgan fingerprint density at radius 2 is 1.01 bits per heavy atom. The van der Waals surface area contributed by atoms with Crippen LogP contribution >= 0.6 is 0 Å². The van der Waals surface area contributed by atoms with Gasteiger partial charge < -0.3 is 55.2 Å². The molecule has 8 aromatic rings. The van der Waals surface area contributed by atoms with Gasteiger partial charge >= 0.3 is 6.18 Å². The van der Waals surface area contributed by atoms with Crippen molar-refractivity contribution in [3.63, 3.8) is 0 Å². The summed E-state index contributed by atoms with van der Waals surface area (Å²) in [6.45, 7) is 8.97. The number of hydrogen-bond donors (Lipinski definition) is 4. The third-order valence-electron chi connectivity index (χ3n) is 17.6. The van der Waals surface area contributed by atoms with Crippen molar-refractivity contribution in [2.75, 3.05) is 109 Å². The number of nitrogens with zero attached hydrogens (tertiary/aromatic N) is 10. The zero-order chi connectivity index (χ0) is 60.1. The van der Waals surface area contributed by atoms with Crippen LogP contribution in [0.2, 0.25) is 0 Å². The van der Waals surface area contributed by atoms with Crippen molar-refractivity contribution < 1.29 is 37.0 Å². The summed E-state index contributed by atoms with van der Waals surface area (Å²) >= 11 is 0. The molecule has 12 rings (SSSR count). The van der Waals surface area contributed by atoms with E-state index < -0.39 is 17.6 Å². The SMILES string of the molecule is COc1cc(-c2cn(C3CCC(N4CCN(C)CC4)CC3)c3ncnc(N)c23)ccc1NC(=O)COc1ccccc1.COc1cc(-c2cn(C3CCC(N4CCN(C)CC4)CC3)c3ncnc(N)c23)ccc1NC(=O)c1ccc(C(F)(F)F)cc1. The molecule has 4 aromatic heterocycles. The van der Waals surface area contributed by atoms with Crippen molar-refractivity contribution in [1.29, 1.82) is 0 Å². The van der Waals surface area contributed by atoms with E-state index in [9.17, 15) is 22.8 Å². The van der Waals surface area contributed by atoms with E-state index in [1.165, 1.54) is 26.3 Å². The Hall–Kier alpha value is -8.31. The molecule has 4 aromatic carbocycles. The van der Waals surface area contributed by atoms with Crippen LogP contribution in [-0.2, 0) is 11.0 Å². The van der Waals surface area contributed by atoms with Crippen LogP contribution in [0.15, 0.2) is 116 Å². The first-order chi connectivity index (χ1) is 41.6. The van der Waals surface area contributed by atoms with Crippen LogP contribution in [0.1, 0.15) is 79.4 Å². The third-order valence-corrected chi connectivity index (χ3v) is 17.6. The molecule has 452 valence electrons. The van der Waals surface area contributed by atoms with Gasteiger partial charge in [0, 0.05) is 106 Å². The van der Waals surface area contributed by atoms with E-state index >= 15 is 0 Å². The molecular formula is C64H75F3N14O5. The number of rotatable bonds is 14. The molecule has 0 radical (unpaired) electrons. The highest BCUT2D eigenvalue weighted by Crippen LogP contribution is 2.43. The van der Waals surface area contributed by atoms with Crippen molar-refractivity contribution in [2.24, 2.45) is 0 Å². The molecule has 2 aliphatic heterocycles. The molecular weight excluding hydrogens is 1100 g/mol. The van der Waals surface area contributed by atoms with Crippen molar-refractivity contribution in [1.82, 2.24) is 48.7 Å². The van der Waals surface area contributed by atoms with Gasteiger partial charge in [-0.1, -0.05) is 30.3 Å². The predicted molar refractivity (Wildman–Crippen MR) is 329 cm³/mol. The number of aromatic nitrogens is 6. The Morgan fingerprint density at radius 1 is 0.570 bits per heavy atom. The number of nitrogens with one attached hydrogen (secondary N) is 2. The van der Waals surface area contributed by atoms with Crippen LogP contribution in [-0.4, -0.2) is 160 Å². The molecule has 2 aliphatic carbocycles. The summed E-state index contributed by atoms with van der Waals surface area (Å²) in [5.41, 5.74) is 18.3. The van der Waals surface area contributed by atoms with Crippen LogP contribution in [0, 0.1) is 0 Å². The molecule has 0 bridgehead atoms. The van der Waals surface area contributed by atoms with Gasteiger partial charge in [0.1, 0.15) is 52.8 Å². The minimum atomic E-state index is -4.48. The maximum absolute atomic E-state index is 12.9. The van der Waals surface area contributed by atoms with Crippen LogP contribution in [0.4, 0.5) is 36.2 Å². The second-order valence-corrected chi connectivity index (χ2v) is 22.9. The number of alkyl halides is 3.